The van der Waals surface area contributed by atoms with Crippen molar-refractivity contribution in [3.05, 3.63) is 69.2 Å². The van der Waals surface area contributed by atoms with Crippen molar-refractivity contribution >= 4 is 34.1 Å². The lowest BCUT2D eigenvalue weighted by Gasteiger charge is -2.14. The van der Waals surface area contributed by atoms with Gasteiger partial charge in [0, 0.05) is 41.2 Å². The Labute approximate surface area is 143 Å². The molecule has 0 aliphatic heterocycles. The Kier molecular flexibility index (Phi) is 4.36. The van der Waals surface area contributed by atoms with Gasteiger partial charge in [0.2, 0.25) is 5.43 Å². The van der Waals surface area contributed by atoms with E-state index in [1.54, 1.807) is 42.9 Å². The highest BCUT2D eigenvalue weighted by Crippen LogP contribution is 2.24. The number of benzene rings is 1. The summed E-state index contributed by atoms with van der Waals surface area (Å²) in [4.78, 5) is 29.2. The fourth-order valence-electron chi connectivity index (χ4n) is 2.70. The molecule has 1 amide bonds. The van der Waals surface area contributed by atoms with Crippen LogP contribution in [0.5, 0.6) is 0 Å². The summed E-state index contributed by atoms with van der Waals surface area (Å²) in [6.07, 6.45) is 4.74. The van der Waals surface area contributed by atoms with Crippen LogP contribution in [0, 0.1) is 6.92 Å². The first-order valence-electron chi connectivity index (χ1n) is 7.56. The molecule has 6 heteroatoms. The number of halogens is 1. The van der Waals surface area contributed by atoms with Crippen LogP contribution in [0.2, 0.25) is 5.02 Å². The van der Waals surface area contributed by atoms with Crippen LogP contribution in [0.1, 0.15) is 22.8 Å². The van der Waals surface area contributed by atoms with Gasteiger partial charge in [-0.25, -0.2) is 0 Å². The maximum atomic E-state index is 12.8. The second-order valence-corrected chi connectivity index (χ2v) is 5.82. The number of hydrogen-bond donors (Lipinski definition) is 1. The summed E-state index contributed by atoms with van der Waals surface area (Å²) in [7, 11) is 0. The molecule has 0 aliphatic carbocycles. The van der Waals surface area contributed by atoms with E-state index < -0.39 is 5.91 Å². The SMILES string of the molecule is CCn1cc(C(=O)Nc2ccncc2)c(=O)c2ccc(Cl)c(C)c21. The molecule has 0 bridgehead atoms. The number of carbonyl (C=O) groups excluding carboxylic acids is 1. The van der Waals surface area contributed by atoms with Gasteiger partial charge >= 0.3 is 0 Å². The minimum absolute atomic E-state index is 0.0999. The van der Waals surface area contributed by atoms with Crippen molar-refractivity contribution in [2.45, 2.75) is 20.4 Å². The highest BCUT2D eigenvalue weighted by Gasteiger charge is 2.17. The van der Waals surface area contributed by atoms with Gasteiger partial charge in [0.15, 0.2) is 0 Å². The molecule has 0 spiro atoms. The summed E-state index contributed by atoms with van der Waals surface area (Å²) in [5, 5.41) is 3.81. The van der Waals surface area contributed by atoms with Crippen molar-refractivity contribution in [1.82, 2.24) is 9.55 Å². The van der Waals surface area contributed by atoms with E-state index in [1.165, 1.54) is 0 Å². The Bertz CT molecular complexity index is 981. The number of amides is 1. The van der Waals surface area contributed by atoms with Gasteiger partial charge in [-0.15, -0.1) is 0 Å². The third-order valence-corrected chi connectivity index (χ3v) is 4.36. The Morgan fingerprint density at radius 1 is 1.25 bits per heavy atom. The maximum absolute atomic E-state index is 12.8. The monoisotopic (exact) mass is 341 g/mol. The predicted octanol–water partition coefficient (Wildman–Crippen LogP) is 3.63. The number of pyridine rings is 2. The second-order valence-electron chi connectivity index (χ2n) is 5.42. The Hall–Kier alpha value is -2.66. The van der Waals surface area contributed by atoms with E-state index in [1.807, 2.05) is 18.4 Å². The predicted molar refractivity (Wildman–Crippen MR) is 95.8 cm³/mol. The zero-order valence-corrected chi connectivity index (χ0v) is 14.1. The van der Waals surface area contributed by atoms with Crippen LogP contribution in [0.15, 0.2) is 47.7 Å². The number of nitrogens with one attached hydrogen (secondary N) is 1. The molecule has 2 heterocycles. The van der Waals surface area contributed by atoms with Crippen LogP contribution >= 0.6 is 11.6 Å². The third-order valence-electron chi connectivity index (χ3n) is 3.95. The zero-order valence-electron chi connectivity index (χ0n) is 13.3. The standard InChI is InChI=1S/C18H16ClN3O2/c1-3-22-10-14(18(24)21-12-6-8-20-9-7-12)17(23)13-4-5-15(19)11(2)16(13)22/h4-10H,3H2,1-2H3,(H,20,21,24). The number of nitrogens with zero attached hydrogens (tertiary/aromatic N) is 2. The van der Waals surface area contributed by atoms with E-state index >= 15 is 0 Å². The number of anilines is 1. The van der Waals surface area contributed by atoms with Gasteiger partial charge in [-0.3, -0.25) is 14.6 Å². The normalized spacial score (nSPS) is 10.8. The van der Waals surface area contributed by atoms with E-state index in [2.05, 4.69) is 10.3 Å². The molecule has 0 radical (unpaired) electrons. The smallest absolute Gasteiger partial charge is 0.261 e. The van der Waals surface area contributed by atoms with Gasteiger partial charge in [0.1, 0.15) is 5.56 Å². The molecule has 0 atom stereocenters. The second kappa shape index (κ2) is 6.45. The van der Waals surface area contributed by atoms with Gasteiger partial charge in [-0.1, -0.05) is 11.6 Å². The topological polar surface area (TPSA) is 64.0 Å². The van der Waals surface area contributed by atoms with Crippen molar-refractivity contribution in [2.75, 3.05) is 5.32 Å². The van der Waals surface area contributed by atoms with Crippen molar-refractivity contribution in [2.24, 2.45) is 0 Å². The summed E-state index contributed by atoms with van der Waals surface area (Å²) < 4.78 is 1.87. The number of carbonyl (C=O) groups is 1. The van der Waals surface area contributed by atoms with Crippen LogP contribution < -0.4 is 10.7 Å². The quantitative estimate of drug-likeness (QED) is 0.791. The fraction of sp³-hybridized carbons (Fsp3) is 0.167. The van der Waals surface area contributed by atoms with E-state index in [4.69, 9.17) is 11.6 Å². The molecule has 1 aromatic carbocycles. The molecule has 122 valence electrons. The summed E-state index contributed by atoms with van der Waals surface area (Å²) in [5.41, 5.74) is 1.97. The summed E-state index contributed by atoms with van der Waals surface area (Å²) in [6.45, 7) is 4.44. The third kappa shape index (κ3) is 2.78. The van der Waals surface area contributed by atoms with E-state index in [0.29, 0.717) is 22.6 Å². The Balaban J connectivity index is 2.16. The van der Waals surface area contributed by atoms with Crippen molar-refractivity contribution in [3.63, 3.8) is 0 Å². The average Bonchev–Trinajstić information content (AvgIpc) is 2.59. The number of aromatic nitrogens is 2. The number of hydrogen-bond acceptors (Lipinski definition) is 3. The van der Waals surface area contributed by atoms with Gasteiger partial charge in [-0.2, -0.15) is 0 Å². The summed E-state index contributed by atoms with van der Waals surface area (Å²) in [6, 6.07) is 6.69. The molecule has 1 N–H and O–H groups in total. The van der Waals surface area contributed by atoms with Gasteiger partial charge in [0.05, 0.1) is 5.52 Å². The highest BCUT2D eigenvalue weighted by molar-refractivity contribution is 6.32. The number of rotatable bonds is 3. The first-order chi connectivity index (χ1) is 11.5. The largest absolute Gasteiger partial charge is 0.346 e. The Morgan fingerprint density at radius 3 is 2.62 bits per heavy atom. The molecule has 0 unspecified atom stereocenters. The van der Waals surface area contributed by atoms with Gasteiger partial charge in [0.25, 0.3) is 5.91 Å². The van der Waals surface area contributed by atoms with E-state index in [0.717, 1.165) is 11.1 Å². The molecule has 24 heavy (non-hydrogen) atoms. The lowest BCUT2D eigenvalue weighted by atomic mass is 10.1. The molecule has 3 aromatic rings. The maximum Gasteiger partial charge on any atom is 0.261 e. The van der Waals surface area contributed by atoms with Crippen molar-refractivity contribution in [3.8, 4) is 0 Å². The van der Waals surface area contributed by atoms with Crippen LogP contribution in [-0.2, 0) is 6.54 Å². The fourth-order valence-corrected chi connectivity index (χ4v) is 2.85. The van der Waals surface area contributed by atoms with E-state index in [9.17, 15) is 9.59 Å². The summed E-state index contributed by atoms with van der Waals surface area (Å²) >= 11 is 6.18. The Morgan fingerprint density at radius 2 is 1.96 bits per heavy atom. The van der Waals surface area contributed by atoms with Crippen LogP contribution in [0.25, 0.3) is 10.9 Å². The average molecular weight is 342 g/mol. The van der Waals surface area contributed by atoms with E-state index in [-0.39, 0.29) is 11.0 Å². The number of aryl methyl sites for hydroxylation is 2. The highest BCUT2D eigenvalue weighted by atomic mass is 35.5. The number of fused-ring (bicyclic) bond motifs is 1. The molecule has 0 aliphatic rings. The zero-order chi connectivity index (χ0) is 17.3. The minimum Gasteiger partial charge on any atom is -0.346 e. The van der Waals surface area contributed by atoms with Gasteiger partial charge < -0.3 is 9.88 Å². The lowest BCUT2D eigenvalue weighted by molar-refractivity contribution is 0.102. The molecule has 0 fully saturated rings. The molecule has 5 nitrogen and oxygen atoms in total. The van der Waals surface area contributed by atoms with Crippen LogP contribution in [0.4, 0.5) is 5.69 Å². The lowest BCUT2D eigenvalue weighted by Crippen LogP contribution is -2.24. The van der Waals surface area contributed by atoms with Crippen molar-refractivity contribution in [1.29, 1.82) is 0 Å². The van der Waals surface area contributed by atoms with Crippen LogP contribution in [-0.4, -0.2) is 15.5 Å². The van der Waals surface area contributed by atoms with Crippen LogP contribution in [0.3, 0.4) is 0 Å². The van der Waals surface area contributed by atoms with Crippen molar-refractivity contribution < 1.29 is 4.79 Å². The molecule has 0 saturated carbocycles. The molecule has 2 aromatic heterocycles. The first kappa shape index (κ1) is 16.2. The summed E-state index contributed by atoms with van der Waals surface area (Å²) in [5.74, 6) is -0.442. The first-order valence-corrected chi connectivity index (χ1v) is 7.94. The molecule has 3 rings (SSSR count). The van der Waals surface area contributed by atoms with Gasteiger partial charge in [-0.05, 0) is 43.7 Å². The minimum atomic E-state index is -0.442. The molecular weight excluding hydrogens is 326 g/mol. The molecule has 0 saturated heterocycles. The molecular formula is C18H16ClN3O2.